The number of hydrogen-bond acceptors (Lipinski definition) is 3. The van der Waals surface area contributed by atoms with E-state index < -0.39 is 11.7 Å². The molecule has 3 nitrogen and oxygen atoms in total. The topological polar surface area (TPSA) is 44.5 Å². The molecule has 1 aliphatic heterocycles. The van der Waals surface area contributed by atoms with Crippen LogP contribution in [0.25, 0.3) is 11.1 Å². The quantitative estimate of drug-likeness (QED) is 0.924. The van der Waals surface area contributed by atoms with E-state index in [1.165, 1.54) is 12.1 Å². The summed E-state index contributed by atoms with van der Waals surface area (Å²) in [5.41, 5.74) is 5.27. The van der Waals surface area contributed by atoms with Crippen LogP contribution in [0.5, 0.6) is 11.5 Å². The molecular formula is C16H14F3NO2. The zero-order valence-corrected chi connectivity index (χ0v) is 11.6. The van der Waals surface area contributed by atoms with E-state index in [0.29, 0.717) is 17.1 Å². The van der Waals surface area contributed by atoms with E-state index >= 15 is 0 Å². The van der Waals surface area contributed by atoms with Gasteiger partial charge < -0.3 is 15.2 Å². The van der Waals surface area contributed by atoms with Crippen molar-refractivity contribution in [3.05, 3.63) is 48.0 Å². The van der Waals surface area contributed by atoms with Crippen LogP contribution >= 0.6 is 0 Å². The van der Waals surface area contributed by atoms with Crippen molar-refractivity contribution in [2.24, 2.45) is 5.73 Å². The molecule has 1 heterocycles. The predicted molar refractivity (Wildman–Crippen MR) is 75.8 cm³/mol. The molecule has 6 heteroatoms. The van der Waals surface area contributed by atoms with Crippen molar-refractivity contribution in [3.63, 3.8) is 0 Å². The first kappa shape index (κ1) is 14.7. The van der Waals surface area contributed by atoms with Gasteiger partial charge in [-0.05, 0) is 17.7 Å². The van der Waals surface area contributed by atoms with E-state index in [1.54, 1.807) is 24.3 Å². The van der Waals surface area contributed by atoms with Crippen molar-refractivity contribution in [2.45, 2.75) is 12.3 Å². The van der Waals surface area contributed by atoms with Gasteiger partial charge in [0.15, 0.2) is 11.5 Å². The fourth-order valence-electron chi connectivity index (χ4n) is 2.43. The Morgan fingerprint density at radius 3 is 2.50 bits per heavy atom. The first-order chi connectivity index (χ1) is 10.5. The highest BCUT2D eigenvalue weighted by atomic mass is 19.4. The minimum absolute atomic E-state index is 0.0631. The number of rotatable bonds is 2. The van der Waals surface area contributed by atoms with E-state index in [-0.39, 0.29) is 24.8 Å². The summed E-state index contributed by atoms with van der Waals surface area (Å²) in [4.78, 5) is 0. The molecule has 2 aromatic carbocycles. The van der Waals surface area contributed by atoms with Crippen LogP contribution in [-0.2, 0) is 6.18 Å². The number of alkyl halides is 3. The number of nitrogens with two attached hydrogens (primary N) is 1. The molecule has 0 unspecified atom stereocenters. The van der Waals surface area contributed by atoms with Crippen LogP contribution in [0.1, 0.15) is 5.56 Å². The monoisotopic (exact) mass is 309 g/mol. The lowest BCUT2D eigenvalue weighted by atomic mass is 9.98. The summed E-state index contributed by atoms with van der Waals surface area (Å²) < 4.78 is 50.9. The van der Waals surface area contributed by atoms with Crippen LogP contribution in [-0.4, -0.2) is 19.3 Å². The Morgan fingerprint density at radius 2 is 1.77 bits per heavy atom. The van der Waals surface area contributed by atoms with E-state index in [9.17, 15) is 13.2 Å². The van der Waals surface area contributed by atoms with E-state index in [1.807, 2.05) is 0 Å². The number of para-hydroxylation sites is 1. The zero-order chi connectivity index (χ0) is 15.7. The number of hydrogen-bond donors (Lipinski definition) is 1. The molecule has 1 atom stereocenters. The van der Waals surface area contributed by atoms with Crippen molar-refractivity contribution < 1.29 is 22.6 Å². The van der Waals surface area contributed by atoms with Crippen LogP contribution in [0.4, 0.5) is 13.2 Å². The average molecular weight is 309 g/mol. The van der Waals surface area contributed by atoms with Gasteiger partial charge in [-0.3, -0.25) is 0 Å². The molecule has 0 amide bonds. The van der Waals surface area contributed by atoms with Gasteiger partial charge in [0.05, 0.1) is 5.56 Å². The van der Waals surface area contributed by atoms with Crippen LogP contribution in [0.15, 0.2) is 42.5 Å². The number of fused-ring (bicyclic) bond motifs is 1. The SMILES string of the molecule is NC[C@H]1COc2cccc(-c3ccccc3C(F)(F)F)c2O1. The summed E-state index contributed by atoms with van der Waals surface area (Å²) >= 11 is 0. The highest BCUT2D eigenvalue weighted by molar-refractivity contribution is 5.77. The summed E-state index contributed by atoms with van der Waals surface area (Å²) in [6.07, 6.45) is -4.81. The fraction of sp³-hybridized carbons (Fsp3) is 0.250. The average Bonchev–Trinajstić information content (AvgIpc) is 2.53. The molecule has 3 rings (SSSR count). The first-order valence-electron chi connectivity index (χ1n) is 6.80. The summed E-state index contributed by atoms with van der Waals surface area (Å²) in [5.74, 6) is 0.736. The van der Waals surface area contributed by atoms with Crippen molar-refractivity contribution in [3.8, 4) is 22.6 Å². The summed E-state index contributed by atoms with van der Waals surface area (Å²) in [6.45, 7) is 0.516. The minimum atomic E-state index is -4.44. The maximum atomic E-state index is 13.2. The van der Waals surface area contributed by atoms with Crippen molar-refractivity contribution in [1.82, 2.24) is 0 Å². The predicted octanol–water partition coefficient (Wildman–Crippen LogP) is 3.47. The maximum Gasteiger partial charge on any atom is 0.417 e. The van der Waals surface area contributed by atoms with E-state index in [2.05, 4.69) is 0 Å². The third kappa shape index (κ3) is 2.62. The van der Waals surface area contributed by atoms with Crippen molar-refractivity contribution in [1.29, 1.82) is 0 Å². The number of ether oxygens (including phenoxy) is 2. The van der Waals surface area contributed by atoms with Gasteiger partial charge in [0.1, 0.15) is 12.7 Å². The minimum Gasteiger partial charge on any atom is -0.486 e. The standard InChI is InChI=1S/C16H14F3NO2/c17-16(18,19)13-6-2-1-4-11(13)12-5-3-7-14-15(12)22-10(8-20)9-21-14/h1-7,10H,8-9,20H2/t10-/m0/s1. The van der Waals surface area contributed by atoms with Gasteiger partial charge in [-0.15, -0.1) is 0 Å². The molecule has 22 heavy (non-hydrogen) atoms. The van der Waals surface area contributed by atoms with Gasteiger partial charge in [-0.25, -0.2) is 0 Å². The largest absolute Gasteiger partial charge is 0.486 e. The van der Waals surface area contributed by atoms with Gasteiger partial charge >= 0.3 is 6.18 Å². The Hall–Kier alpha value is -2.21. The number of halogens is 3. The molecule has 2 aromatic rings. The van der Waals surface area contributed by atoms with Crippen LogP contribution in [0.3, 0.4) is 0 Å². The Labute approximate surface area is 125 Å². The lowest BCUT2D eigenvalue weighted by Gasteiger charge is -2.28. The second kappa shape index (κ2) is 5.53. The molecule has 116 valence electrons. The Bertz CT molecular complexity index is 685. The van der Waals surface area contributed by atoms with Gasteiger partial charge in [-0.1, -0.05) is 30.3 Å². The lowest BCUT2D eigenvalue weighted by molar-refractivity contribution is -0.137. The summed E-state index contributed by atoms with van der Waals surface area (Å²) in [5, 5.41) is 0. The molecule has 0 bridgehead atoms. The molecule has 0 saturated carbocycles. The van der Waals surface area contributed by atoms with E-state index in [0.717, 1.165) is 6.07 Å². The summed E-state index contributed by atoms with van der Waals surface area (Å²) in [6, 6.07) is 10.3. The summed E-state index contributed by atoms with van der Waals surface area (Å²) in [7, 11) is 0. The Balaban J connectivity index is 2.15. The van der Waals surface area contributed by atoms with Crippen molar-refractivity contribution in [2.75, 3.05) is 13.2 Å². The van der Waals surface area contributed by atoms with Crippen LogP contribution < -0.4 is 15.2 Å². The molecule has 0 radical (unpaired) electrons. The molecule has 0 saturated heterocycles. The third-order valence-corrected chi connectivity index (χ3v) is 3.47. The molecule has 0 aliphatic carbocycles. The van der Waals surface area contributed by atoms with Gasteiger partial charge in [0, 0.05) is 12.1 Å². The highest BCUT2D eigenvalue weighted by Crippen LogP contribution is 2.45. The van der Waals surface area contributed by atoms with Crippen molar-refractivity contribution >= 4 is 0 Å². The molecule has 0 aromatic heterocycles. The molecule has 0 fully saturated rings. The molecule has 1 aliphatic rings. The lowest BCUT2D eigenvalue weighted by Crippen LogP contribution is -2.35. The van der Waals surface area contributed by atoms with E-state index in [4.69, 9.17) is 15.2 Å². The Kier molecular flexibility index (Phi) is 3.70. The van der Waals surface area contributed by atoms with Gasteiger partial charge in [0.2, 0.25) is 0 Å². The van der Waals surface area contributed by atoms with Gasteiger partial charge in [-0.2, -0.15) is 13.2 Å². The second-order valence-electron chi connectivity index (χ2n) is 4.96. The zero-order valence-electron chi connectivity index (χ0n) is 11.6. The third-order valence-electron chi connectivity index (χ3n) is 3.47. The second-order valence-corrected chi connectivity index (χ2v) is 4.96. The molecule has 0 spiro atoms. The van der Waals surface area contributed by atoms with Gasteiger partial charge in [0.25, 0.3) is 0 Å². The number of benzene rings is 2. The molecule has 2 N–H and O–H groups in total. The maximum absolute atomic E-state index is 13.2. The highest BCUT2D eigenvalue weighted by Gasteiger charge is 2.35. The normalized spacial score (nSPS) is 17.4. The molecular weight excluding hydrogens is 295 g/mol. The fourth-order valence-corrected chi connectivity index (χ4v) is 2.43. The smallest absolute Gasteiger partial charge is 0.417 e. The Morgan fingerprint density at radius 1 is 1.05 bits per heavy atom. The van der Waals surface area contributed by atoms with Crippen LogP contribution in [0.2, 0.25) is 0 Å². The first-order valence-corrected chi connectivity index (χ1v) is 6.80. The van der Waals surface area contributed by atoms with Crippen LogP contribution in [0, 0.1) is 0 Å².